The van der Waals surface area contributed by atoms with Crippen molar-refractivity contribution in [1.82, 2.24) is 5.32 Å². The average Bonchev–Trinajstić information content (AvgIpc) is 2.72. The van der Waals surface area contributed by atoms with Crippen LogP contribution < -0.4 is 5.32 Å². The molecule has 1 aliphatic carbocycles. The van der Waals surface area contributed by atoms with Gasteiger partial charge in [0.1, 0.15) is 0 Å². The molecule has 0 aromatic carbocycles. The number of nitrogens with one attached hydrogen (secondary N) is 1. The Bertz CT molecular complexity index is 160. The van der Waals surface area contributed by atoms with Gasteiger partial charge in [-0.15, -0.1) is 0 Å². The third kappa shape index (κ3) is 2.71. The second-order valence-corrected chi connectivity index (χ2v) is 5.01. The second-order valence-electron chi connectivity index (χ2n) is 5.01. The molecule has 0 aromatic rings. The van der Waals surface area contributed by atoms with Gasteiger partial charge in [0.2, 0.25) is 0 Å². The number of aliphatic hydroxyl groups is 1. The summed E-state index contributed by atoms with van der Waals surface area (Å²) in [6.45, 7) is 1.10. The Balaban J connectivity index is 1.72. The van der Waals surface area contributed by atoms with Gasteiger partial charge in [-0.3, -0.25) is 0 Å². The largest absolute Gasteiger partial charge is 0.391 e. The molecule has 2 fully saturated rings. The summed E-state index contributed by atoms with van der Waals surface area (Å²) in [7, 11) is 0. The lowest BCUT2D eigenvalue weighted by molar-refractivity contribution is 0.0982. The topological polar surface area (TPSA) is 32.3 Å². The number of rotatable bonds is 3. The standard InChI is InChI=1S/C12H23NO/c14-12(11-7-4-8-13-11)9-10-5-2-1-3-6-10/h10-14H,1-9H2/t11-,12?/m1/s1. The lowest BCUT2D eigenvalue weighted by Crippen LogP contribution is -2.36. The van der Waals surface area contributed by atoms with E-state index in [2.05, 4.69) is 5.32 Å². The molecule has 2 N–H and O–H groups in total. The van der Waals surface area contributed by atoms with E-state index in [0.29, 0.717) is 6.04 Å². The van der Waals surface area contributed by atoms with E-state index < -0.39 is 0 Å². The average molecular weight is 197 g/mol. The first-order valence-electron chi connectivity index (χ1n) is 6.28. The van der Waals surface area contributed by atoms with E-state index in [0.717, 1.165) is 18.9 Å². The molecule has 1 heterocycles. The molecule has 1 aliphatic heterocycles. The molecular formula is C12H23NO. The van der Waals surface area contributed by atoms with Crippen molar-refractivity contribution in [1.29, 1.82) is 0 Å². The van der Waals surface area contributed by atoms with Crippen molar-refractivity contribution in [3.05, 3.63) is 0 Å². The molecule has 0 amide bonds. The van der Waals surface area contributed by atoms with Crippen LogP contribution in [0.25, 0.3) is 0 Å². The second kappa shape index (κ2) is 5.13. The Morgan fingerprint density at radius 3 is 2.50 bits per heavy atom. The summed E-state index contributed by atoms with van der Waals surface area (Å²) in [5.41, 5.74) is 0. The van der Waals surface area contributed by atoms with Gasteiger partial charge < -0.3 is 10.4 Å². The van der Waals surface area contributed by atoms with Crippen LogP contribution in [0, 0.1) is 5.92 Å². The molecule has 1 saturated heterocycles. The van der Waals surface area contributed by atoms with Crippen LogP contribution in [0.5, 0.6) is 0 Å². The first-order valence-corrected chi connectivity index (χ1v) is 6.28. The SMILES string of the molecule is OC(CC1CCCCC1)[C@H]1CCCN1. The molecule has 2 heteroatoms. The van der Waals surface area contributed by atoms with Crippen LogP contribution in [0.1, 0.15) is 51.4 Å². The molecule has 0 radical (unpaired) electrons. The normalized spacial score (nSPS) is 31.9. The minimum Gasteiger partial charge on any atom is -0.391 e. The Morgan fingerprint density at radius 2 is 1.86 bits per heavy atom. The highest BCUT2D eigenvalue weighted by Gasteiger charge is 2.25. The summed E-state index contributed by atoms with van der Waals surface area (Å²) in [5, 5.41) is 13.4. The highest BCUT2D eigenvalue weighted by molar-refractivity contribution is 4.83. The zero-order chi connectivity index (χ0) is 9.80. The summed E-state index contributed by atoms with van der Waals surface area (Å²) < 4.78 is 0. The third-order valence-electron chi connectivity index (χ3n) is 3.86. The fourth-order valence-electron chi connectivity index (χ4n) is 2.97. The highest BCUT2D eigenvalue weighted by Crippen LogP contribution is 2.28. The van der Waals surface area contributed by atoms with Gasteiger partial charge in [-0.05, 0) is 31.7 Å². The van der Waals surface area contributed by atoms with Crippen LogP contribution in [-0.4, -0.2) is 23.8 Å². The maximum absolute atomic E-state index is 10.0. The molecule has 0 bridgehead atoms. The summed E-state index contributed by atoms with van der Waals surface area (Å²) in [6.07, 6.45) is 10.3. The maximum Gasteiger partial charge on any atom is 0.0695 e. The van der Waals surface area contributed by atoms with E-state index in [9.17, 15) is 5.11 Å². The van der Waals surface area contributed by atoms with Crippen molar-refractivity contribution >= 4 is 0 Å². The number of hydrogen-bond donors (Lipinski definition) is 2. The molecule has 82 valence electrons. The van der Waals surface area contributed by atoms with Gasteiger partial charge in [0.25, 0.3) is 0 Å². The van der Waals surface area contributed by atoms with E-state index in [4.69, 9.17) is 0 Å². The highest BCUT2D eigenvalue weighted by atomic mass is 16.3. The van der Waals surface area contributed by atoms with Crippen LogP contribution in [0.15, 0.2) is 0 Å². The van der Waals surface area contributed by atoms with Crippen LogP contribution >= 0.6 is 0 Å². The predicted octanol–water partition coefficient (Wildman–Crippen LogP) is 2.07. The predicted molar refractivity (Wildman–Crippen MR) is 58.2 cm³/mol. The minimum atomic E-state index is -0.0828. The van der Waals surface area contributed by atoms with Crippen molar-refractivity contribution in [2.24, 2.45) is 5.92 Å². The fraction of sp³-hybridized carbons (Fsp3) is 1.00. The smallest absolute Gasteiger partial charge is 0.0695 e. The molecule has 0 aromatic heterocycles. The van der Waals surface area contributed by atoms with Gasteiger partial charge in [-0.25, -0.2) is 0 Å². The maximum atomic E-state index is 10.0. The van der Waals surface area contributed by atoms with Crippen LogP contribution in [0.3, 0.4) is 0 Å². The zero-order valence-electron chi connectivity index (χ0n) is 9.04. The van der Waals surface area contributed by atoms with Gasteiger partial charge in [-0.2, -0.15) is 0 Å². The van der Waals surface area contributed by atoms with Gasteiger partial charge in [0, 0.05) is 6.04 Å². The van der Waals surface area contributed by atoms with Crippen molar-refractivity contribution < 1.29 is 5.11 Å². The molecule has 2 atom stereocenters. The lowest BCUT2D eigenvalue weighted by Gasteiger charge is -2.26. The summed E-state index contributed by atoms with van der Waals surface area (Å²) in [5.74, 6) is 0.807. The molecule has 1 unspecified atom stereocenters. The van der Waals surface area contributed by atoms with Gasteiger partial charge in [0.05, 0.1) is 6.10 Å². The van der Waals surface area contributed by atoms with Crippen LogP contribution in [-0.2, 0) is 0 Å². The van der Waals surface area contributed by atoms with Crippen molar-refractivity contribution in [2.45, 2.75) is 63.5 Å². The lowest BCUT2D eigenvalue weighted by atomic mass is 9.84. The van der Waals surface area contributed by atoms with Crippen molar-refractivity contribution in [3.63, 3.8) is 0 Å². The zero-order valence-corrected chi connectivity index (χ0v) is 9.04. The monoisotopic (exact) mass is 197 g/mol. The van der Waals surface area contributed by atoms with Crippen LogP contribution in [0.4, 0.5) is 0 Å². The summed E-state index contributed by atoms with van der Waals surface area (Å²) in [4.78, 5) is 0. The molecule has 1 saturated carbocycles. The van der Waals surface area contributed by atoms with E-state index in [1.807, 2.05) is 0 Å². The van der Waals surface area contributed by atoms with Gasteiger partial charge in [0.15, 0.2) is 0 Å². The third-order valence-corrected chi connectivity index (χ3v) is 3.86. The quantitative estimate of drug-likeness (QED) is 0.726. The van der Waals surface area contributed by atoms with Gasteiger partial charge in [-0.1, -0.05) is 32.1 Å². The van der Waals surface area contributed by atoms with E-state index in [1.165, 1.54) is 44.9 Å². The molecule has 2 aliphatic rings. The molecule has 2 nitrogen and oxygen atoms in total. The van der Waals surface area contributed by atoms with E-state index >= 15 is 0 Å². The summed E-state index contributed by atoms with van der Waals surface area (Å²) in [6, 6.07) is 0.400. The Hall–Kier alpha value is -0.0800. The first kappa shape index (κ1) is 10.4. The Labute approximate surface area is 87.1 Å². The summed E-state index contributed by atoms with van der Waals surface area (Å²) >= 11 is 0. The number of hydrogen-bond acceptors (Lipinski definition) is 2. The molecule has 14 heavy (non-hydrogen) atoms. The number of aliphatic hydroxyl groups excluding tert-OH is 1. The molecule has 0 spiro atoms. The fourth-order valence-corrected chi connectivity index (χ4v) is 2.97. The van der Waals surface area contributed by atoms with E-state index in [1.54, 1.807) is 0 Å². The minimum absolute atomic E-state index is 0.0828. The molecular weight excluding hydrogens is 174 g/mol. The van der Waals surface area contributed by atoms with Crippen molar-refractivity contribution in [3.8, 4) is 0 Å². The molecule has 2 rings (SSSR count). The van der Waals surface area contributed by atoms with Crippen molar-refractivity contribution in [2.75, 3.05) is 6.54 Å². The first-order chi connectivity index (χ1) is 6.86. The Kier molecular flexibility index (Phi) is 3.82. The Morgan fingerprint density at radius 1 is 1.07 bits per heavy atom. The van der Waals surface area contributed by atoms with Gasteiger partial charge >= 0.3 is 0 Å². The van der Waals surface area contributed by atoms with E-state index in [-0.39, 0.29) is 6.10 Å². The van der Waals surface area contributed by atoms with Crippen LogP contribution in [0.2, 0.25) is 0 Å².